The first kappa shape index (κ1) is 31.8. The van der Waals surface area contributed by atoms with E-state index >= 15 is 4.39 Å². The third-order valence-corrected chi connectivity index (χ3v) is 10.8. The average molecular weight is 670 g/mol. The number of pyridine rings is 3. The van der Waals surface area contributed by atoms with Crippen LogP contribution in [-0.2, 0) is 17.8 Å². The van der Waals surface area contributed by atoms with Crippen molar-refractivity contribution in [3.63, 3.8) is 0 Å². The van der Waals surface area contributed by atoms with Crippen LogP contribution in [0.3, 0.4) is 0 Å². The minimum atomic E-state index is -0.419. The van der Waals surface area contributed by atoms with Crippen LogP contribution >= 0.6 is 0 Å². The number of nitrogens with two attached hydrogens (primary N) is 1. The first-order chi connectivity index (χ1) is 23.9. The minimum absolute atomic E-state index is 0.0294. The van der Waals surface area contributed by atoms with Gasteiger partial charge in [-0.3, -0.25) is 9.69 Å². The number of piperidine rings is 1. The highest BCUT2D eigenvalue weighted by atomic mass is 19.1. The van der Waals surface area contributed by atoms with E-state index in [4.69, 9.17) is 19.9 Å². The SMILES string of the molecule is COc1cc(CN(Cc2cn3c4c(c(N5CC6CCCO[C@H]6C5)c(F)cc4c2=O)OCC3C)[C@H]2CCCN(c3ccc(N)nc3)C2)ccn1. The van der Waals surface area contributed by atoms with Crippen LogP contribution in [-0.4, -0.2) is 78.1 Å². The van der Waals surface area contributed by atoms with Crippen LogP contribution in [0, 0.1) is 11.7 Å². The van der Waals surface area contributed by atoms with Crippen LogP contribution in [0.15, 0.2) is 53.7 Å². The second-order valence-electron chi connectivity index (χ2n) is 14.0. The third-order valence-electron chi connectivity index (χ3n) is 10.8. The second-order valence-corrected chi connectivity index (χ2v) is 14.0. The zero-order valence-electron chi connectivity index (χ0n) is 28.2. The van der Waals surface area contributed by atoms with Gasteiger partial charge < -0.3 is 34.3 Å². The number of methoxy groups -OCH3 is 1. The maximum Gasteiger partial charge on any atom is 0.213 e. The fourth-order valence-electron chi connectivity index (χ4n) is 8.25. The molecular weight excluding hydrogens is 625 g/mol. The van der Waals surface area contributed by atoms with Gasteiger partial charge in [0.05, 0.1) is 42.0 Å². The number of nitrogen functional groups attached to an aromatic ring is 1. The van der Waals surface area contributed by atoms with Crippen molar-refractivity contribution in [3.8, 4) is 11.6 Å². The predicted octanol–water partition coefficient (Wildman–Crippen LogP) is 4.76. The van der Waals surface area contributed by atoms with Crippen LogP contribution in [0.5, 0.6) is 11.6 Å². The Morgan fingerprint density at radius 1 is 1.08 bits per heavy atom. The van der Waals surface area contributed by atoms with Gasteiger partial charge in [0.25, 0.3) is 0 Å². The van der Waals surface area contributed by atoms with Crippen LogP contribution in [0.2, 0.25) is 0 Å². The molecule has 1 aromatic carbocycles. The number of aromatic nitrogens is 3. The number of hydrogen-bond donors (Lipinski definition) is 1. The molecule has 2 N–H and O–H groups in total. The first-order valence-electron chi connectivity index (χ1n) is 17.4. The van der Waals surface area contributed by atoms with Gasteiger partial charge in [0.15, 0.2) is 17.0 Å². The Labute approximate surface area is 285 Å². The van der Waals surface area contributed by atoms with Crippen LogP contribution < -0.4 is 30.4 Å². The molecule has 4 aliphatic rings. The molecule has 258 valence electrons. The number of rotatable bonds is 8. The van der Waals surface area contributed by atoms with Crippen molar-refractivity contribution in [1.29, 1.82) is 0 Å². The molecule has 2 unspecified atom stereocenters. The summed E-state index contributed by atoms with van der Waals surface area (Å²) in [4.78, 5) is 29.8. The molecule has 8 rings (SSSR count). The van der Waals surface area contributed by atoms with Gasteiger partial charge in [0.1, 0.15) is 18.1 Å². The van der Waals surface area contributed by atoms with Crippen molar-refractivity contribution in [2.45, 2.75) is 63.9 Å². The molecule has 4 aliphatic heterocycles. The van der Waals surface area contributed by atoms with E-state index in [9.17, 15) is 4.79 Å². The van der Waals surface area contributed by atoms with Crippen molar-refractivity contribution in [2.24, 2.45) is 5.92 Å². The van der Waals surface area contributed by atoms with Crippen molar-refractivity contribution in [1.82, 2.24) is 19.4 Å². The number of halogens is 1. The minimum Gasteiger partial charge on any atom is -0.487 e. The number of anilines is 3. The van der Waals surface area contributed by atoms with Crippen molar-refractivity contribution < 1.29 is 18.6 Å². The number of benzene rings is 1. The summed E-state index contributed by atoms with van der Waals surface area (Å²) in [5.74, 6) is 1.46. The molecule has 0 aliphatic carbocycles. The van der Waals surface area contributed by atoms with E-state index in [0.29, 0.717) is 71.8 Å². The zero-order valence-corrected chi connectivity index (χ0v) is 28.2. The summed E-state index contributed by atoms with van der Waals surface area (Å²) in [6.45, 7) is 7.24. The Kier molecular flexibility index (Phi) is 8.53. The summed E-state index contributed by atoms with van der Waals surface area (Å²) in [6, 6.07) is 9.31. The summed E-state index contributed by atoms with van der Waals surface area (Å²) in [6.07, 6.45) is 9.72. The average Bonchev–Trinajstić information content (AvgIpc) is 3.55. The normalized spacial score (nSPS) is 23.5. The van der Waals surface area contributed by atoms with Crippen LogP contribution in [0.25, 0.3) is 10.9 Å². The lowest BCUT2D eigenvalue weighted by atomic mass is 9.98. The number of hydrogen-bond acceptors (Lipinski definition) is 10. The van der Waals surface area contributed by atoms with Crippen molar-refractivity contribution in [3.05, 3.63) is 76.1 Å². The lowest BCUT2D eigenvalue weighted by molar-refractivity contribution is 0.00105. The van der Waals surface area contributed by atoms with Gasteiger partial charge in [-0.05, 0) is 62.4 Å². The molecule has 49 heavy (non-hydrogen) atoms. The summed E-state index contributed by atoms with van der Waals surface area (Å²) >= 11 is 0. The van der Waals surface area contributed by atoms with Crippen molar-refractivity contribution in [2.75, 3.05) is 62.0 Å². The monoisotopic (exact) mass is 669 g/mol. The summed E-state index contributed by atoms with van der Waals surface area (Å²) < 4.78 is 36.1. The maximum absolute atomic E-state index is 16.2. The maximum atomic E-state index is 16.2. The van der Waals surface area contributed by atoms with E-state index in [-0.39, 0.29) is 23.6 Å². The number of ether oxygens (including phenoxy) is 3. The predicted molar refractivity (Wildman–Crippen MR) is 187 cm³/mol. The lowest BCUT2D eigenvalue weighted by Gasteiger charge is -2.40. The molecule has 4 aromatic rings. The van der Waals surface area contributed by atoms with Gasteiger partial charge in [-0.2, -0.15) is 0 Å². The first-order valence-corrected chi connectivity index (χ1v) is 17.4. The highest BCUT2D eigenvalue weighted by molar-refractivity contribution is 5.92. The molecule has 12 heteroatoms. The molecule has 4 atom stereocenters. The standard InChI is InChI=1S/C37H44FN7O4/c1-23-22-49-37-34-29(14-30(38)35(37)44-17-25-5-4-12-48-31(25)21-44)36(46)26(19-45(23)34)18-43(16-24-9-10-40-33(13-24)47-2)28-6-3-11-42(20-28)27-7-8-32(39)41-15-27/h7-10,13-15,19,23,25,28,31H,3-6,11-12,16-18,20-22H2,1-2H3,(H2,39,41)/t23?,25?,28-,31-/m0/s1. The van der Waals surface area contributed by atoms with E-state index in [1.165, 1.54) is 6.07 Å². The molecule has 7 heterocycles. The molecule has 0 saturated carbocycles. The molecule has 11 nitrogen and oxygen atoms in total. The van der Waals surface area contributed by atoms with E-state index in [1.54, 1.807) is 13.3 Å². The molecule has 3 fully saturated rings. The molecule has 0 bridgehead atoms. The van der Waals surface area contributed by atoms with Gasteiger partial charge in [-0.15, -0.1) is 0 Å². The molecule has 3 saturated heterocycles. The Bertz CT molecular complexity index is 1890. The fourth-order valence-corrected chi connectivity index (χ4v) is 8.25. The van der Waals surface area contributed by atoms with Crippen molar-refractivity contribution >= 4 is 28.1 Å². The highest BCUT2D eigenvalue weighted by Gasteiger charge is 2.39. The molecule has 0 radical (unpaired) electrons. The number of fused-ring (bicyclic) bond motifs is 1. The van der Waals surface area contributed by atoms with Crippen LogP contribution in [0.1, 0.15) is 49.8 Å². The Morgan fingerprint density at radius 2 is 1.98 bits per heavy atom. The Morgan fingerprint density at radius 3 is 2.80 bits per heavy atom. The Balaban J connectivity index is 1.16. The smallest absolute Gasteiger partial charge is 0.213 e. The van der Waals surface area contributed by atoms with Crippen LogP contribution in [0.4, 0.5) is 21.6 Å². The molecular formula is C37H44FN7O4. The van der Waals surface area contributed by atoms with Gasteiger partial charge in [0, 0.05) is 81.9 Å². The highest BCUT2D eigenvalue weighted by Crippen LogP contribution is 2.44. The quantitative estimate of drug-likeness (QED) is 0.282. The largest absolute Gasteiger partial charge is 0.487 e. The molecule has 0 amide bonds. The summed E-state index contributed by atoms with van der Waals surface area (Å²) in [5, 5.41) is 0.358. The fraction of sp³-hybridized carbons (Fsp3) is 0.486. The van der Waals surface area contributed by atoms with E-state index < -0.39 is 5.82 Å². The van der Waals surface area contributed by atoms with Gasteiger partial charge >= 0.3 is 0 Å². The summed E-state index contributed by atoms with van der Waals surface area (Å²) in [7, 11) is 1.61. The second kappa shape index (κ2) is 13.1. The van der Waals surface area contributed by atoms with Gasteiger partial charge in [-0.25, -0.2) is 14.4 Å². The topological polar surface area (TPSA) is 111 Å². The summed E-state index contributed by atoms with van der Waals surface area (Å²) in [5.41, 5.74) is 9.53. The van der Waals surface area contributed by atoms with Gasteiger partial charge in [0.2, 0.25) is 5.88 Å². The third kappa shape index (κ3) is 6.05. The van der Waals surface area contributed by atoms with E-state index in [1.807, 2.05) is 36.7 Å². The lowest BCUT2D eigenvalue weighted by Crippen LogP contribution is -2.48. The van der Waals surface area contributed by atoms with E-state index in [0.717, 1.165) is 63.2 Å². The molecule has 0 spiro atoms. The Hall–Kier alpha value is -4.42. The van der Waals surface area contributed by atoms with Gasteiger partial charge in [-0.1, -0.05) is 0 Å². The number of nitrogens with zero attached hydrogens (tertiary/aromatic N) is 6. The van der Waals surface area contributed by atoms with E-state index in [2.05, 4.69) is 36.2 Å². The zero-order chi connectivity index (χ0) is 33.6. The molecule has 3 aromatic heterocycles.